The van der Waals surface area contributed by atoms with Crippen LogP contribution in [-0.4, -0.2) is 21.5 Å². The molecule has 1 atom stereocenters. The molecule has 0 radical (unpaired) electrons. The van der Waals surface area contributed by atoms with Gasteiger partial charge in [-0.15, -0.1) is 0 Å². The first-order chi connectivity index (χ1) is 11.3. The van der Waals surface area contributed by atoms with E-state index < -0.39 is 19.3 Å². The number of amidine groups is 1. The van der Waals surface area contributed by atoms with Crippen LogP contribution in [0.4, 0.5) is 0 Å². The minimum absolute atomic E-state index is 0.167. The summed E-state index contributed by atoms with van der Waals surface area (Å²) in [7, 11) is -4.65. The Hall–Kier alpha value is -2.67. The highest BCUT2D eigenvalue weighted by Gasteiger charge is 2.31. The van der Waals surface area contributed by atoms with Crippen molar-refractivity contribution < 1.29 is 23.6 Å². The van der Waals surface area contributed by atoms with Crippen molar-refractivity contribution >= 4 is 25.4 Å². The highest BCUT2D eigenvalue weighted by Crippen LogP contribution is 2.49. The van der Waals surface area contributed by atoms with Gasteiger partial charge in [-0.2, -0.15) is 0 Å². The second-order valence-electron chi connectivity index (χ2n) is 4.88. The quantitative estimate of drug-likeness (QED) is 0.231. The van der Waals surface area contributed by atoms with Crippen molar-refractivity contribution in [3.63, 3.8) is 0 Å². The number of carbonyl (C=O) groups excluding carboxylic acids is 1. The van der Waals surface area contributed by atoms with E-state index in [2.05, 4.69) is 5.32 Å². The Morgan fingerprint density at radius 1 is 1.29 bits per heavy atom. The van der Waals surface area contributed by atoms with Gasteiger partial charge in [0.25, 0.3) is 0 Å². The molecule has 1 amide bonds. The van der Waals surface area contributed by atoms with Gasteiger partial charge < -0.3 is 25.3 Å². The molecule has 1 unspecified atom stereocenters. The molecule has 126 valence electrons. The van der Waals surface area contributed by atoms with E-state index in [9.17, 15) is 19.1 Å². The van der Waals surface area contributed by atoms with Crippen LogP contribution in [0.15, 0.2) is 53.2 Å². The van der Waals surface area contributed by atoms with Crippen molar-refractivity contribution in [1.82, 2.24) is 5.32 Å². The van der Waals surface area contributed by atoms with Crippen LogP contribution in [-0.2, 0) is 9.36 Å². The van der Waals surface area contributed by atoms with E-state index in [1.165, 1.54) is 36.6 Å². The number of furan rings is 1. The average molecular weight is 349 g/mol. The molecule has 0 saturated carbocycles. The first-order valence-electron chi connectivity index (χ1n) is 6.79. The largest absolute Gasteiger partial charge is 0.465 e. The SMILES string of the molecule is N=C(N)c1ccc(C(NC(=O)/C=C/c2ccco2)P(=O)(O)O)cc1. The van der Waals surface area contributed by atoms with E-state index in [0.29, 0.717) is 11.3 Å². The molecule has 6 N–H and O–H groups in total. The van der Waals surface area contributed by atoms with E-state index >= 15 is 0 Å². The summed E-state index contributed by atoms with van der Waals surface area (Å²) in [4.78, 5) is 30.9. The Kier molecular flexibility index (Phi) is 5.35. The predicted molar refractivity (Wildman–Crippen MR) is 88.1 cm³/mol. The molecule has 1 aromatic heterocycles. The maximum atomic E-state index is 11.9. The van der Waals surface area contributed by atoms with Crippen LogP contribution in [0.25, 0.3) is 6.08 Å². The third kappa shape index (κ3) is 4.66. The highest BCUT2D eigenvalue weighted by atomic mass is 31.2. The molecule has 0 aliphatic heterocycles. The predicted octanol–water partition coefficient (Wildman–Crippen LogP) is 1.57. The zero-order chi connectivity index (χ0) is 17.7. The van der Waals surface area contributed by atoms with E-state index in [1.54, 1.807) is 12.1 Å². The smallest absolute Gasteiger partial charge is 0.352 e. The number of nitrogen functional groups attached to an aromatic ring is 1. The summed E-state index contributed by atoms with van der Waals surface area (Å²) in [6, 6.07) is 8.97. The molecule has 8 nitrogen and oxygen atoms in total. The zero-order valence-electron chi connectivity index (χ0n) is 12.4. The number of nitrogens with two attached hydrogens (primary N) is 1. The maximum Gasteiger partial charge on any atom is 0.352 e. The zero-order valence-corrected chi connectivity index (χ0v) is 13.3. The Labute approximate surface area is 137 Å². The Morgan fingerprint density at radius 3 is 2.46 bits per heavy atom. The Morgan fingerprint density at radius 2 is 1.96 bits per heavy atom. The van der Waals surface area contributed by atoms with Crippen molar-refractivity contribution in [2.75, 3.05) is 0 Å². The molecule has 0 bridgehead atoms. The van der Waals surface area contributed by atoms with E-state index in [4.69, 9.17) is 15.6 Å². The standard InChI is InChI=1S/C15H16N3O5P/c16-14(17)10-3-5-11(6-4-10)15(24(20,21)22)18-13(19)8-7-12-2-1-9-23-12/h1-9,15H,(H3,16,17)(H,18,19)(H2,20,21,22)/b8-7+. The van der Waals surface area contributed by atoms with E-state index in [1.807, 2.05) is 0 Å². The third-order valence-corrected chi connectivity index (χ3v) is 4.19. The second kappa shape index (κ2) is 7.27. The number of nitrogens with one attached hydrogen (secondary N) is 2. The molecule has 2 aromatic rings. The molecule has 1 aromatic carbocycles. The van der Waals surface area contributed by atoms with Crippen LogP contribution in [0.5, 0.6) is 0 Å². The van der Waals surface area contributed by atoms with E-state index in [-0.39, 0.29) is 11.4 Å². The van der Waals surface area contributed by atoms with Gasteiger partial charge in [-0.05, 0) is 23.8 Å². The van der Waals surface area contributed by atoms with Crippen LogP contribution >= 0.6 is 7.60 Å². The van der Waals surface area contributed by atoms with Crippen molar-refractivity contribution in [3.05, 3.63) is 65.6 Å². The number of hydrogen-bond acceptors (Lipinski definition) is 4. The van der Waals surface area contributed by atoms with Gasteiger partial charge in [-0.25, -0.2) is 0 Å². The van der Waals surface area contributed by atoms with Gasteiger partial charge in [0, 0.05) is 11.6 Å². The molecule has 2 rings (SSSR count). The minimum atomic E-state index is -4.65. The first kappa shape index (κ1) is 17.7. The molecule has 0 fully saturated rings. The number of rotatable bonds is 6. The summed E-state index contributed by atoms with van der Waals surface area (Å²) in [5.41, 5.74) is 5.95. The van der Waals surface area contributed by atoms with Crippen LogP contribution in [0.1, 0.15) is 22.7 Å². The van der Waals surface area contributed by atoms with Gasteiger partial charge in [-0.3, -0.25) is 14.8 Å². The minimum Gasteiger partial charge on any atom is -0.465 e. The average Bonchev–Trinajstić information content (AvgIpc) is 3.03. The van der Waals surface area contributed by atoms with Crippen LogP contribution < -0.4 is 11.1 Å². The summed E-state index contributed by atoms with van der Waals surface area (Å²) < 4.78 is 16.7. The van der Waals surface area contributed by atoms with Crippen molar-refractivity contribution in [2.45, 2.75) is 5.78 Å². The monoisotopic (exact) mass is 349 g/mol. The number of carbonyl (C=O) groups is 1. The summed E-state index contributed by atoms with van der Waals surface area (Å²) >= 11 is 0. The maximum absolute atomic E-state index is 11.9. The van der Waals surface area contributed by atoms with Crippen molar-refractivity contribution in [2.24, 2.45) is 5.73 Å². The summed E-state index contributed by atoms with van der Waals surface area (Å²) in [6.07, 6.45) is 3.93. The summed E-state index contributed by atoms with van der Waals surface area (Å²) in [5, 5.41) is 9.58. The van der Waals surface area contributed by atoms with Crippen molar-refractivity contribution in [1.29, 1.82) is 5.41 Å². The van der Waals surface area contributed by atoms with Crippen LogP contribution in [0.2, 0.25) is 0 Å². The lowest BCUT2D eigenvalue weighted by atomic mass is 10.1. The van der Waals surface area contributed by atoms with E-state index in [0.717, 1.165) is 6.08 Å². The lowest BCUT2D eigenvalue weighted by Gasteiger charge is -2.19. The fourth-order valence-electron chi connectivity index (χ4n) is 1.93. The van der Waals surface area contributed by atoms with Crippen LogP contribution in [0, 0.1) is 5.41 Å². The second-order valence-corrected chi connectivity index (χ2v) is 6.58. The highest BCUT2D eigenvalue weighted by molar-refractivity contribution is 7.52. The molecule has 24 heavy (non-hydrogen) atoms. The van der Waals surface area contributed by atoms with Gasteiger partial charge in [0.2, 0.25) is 5.91 Å². The van der Waals surface area contributed by atoms with Gasteiger partial charge in [0.05, 0.1) is 6.26 Å². The van der Waals surface area contributed by atoms with Crippen molar-refractivity contribution in [3.8, 4) is 0 Å². The number of benzene rings is 1. The van der Waals surface area contributed by atoms with Gasteiger partial charge in [0.1, 0.15) is 11.6 Å². The molecule has 1 heterocycles. The molecule has 9 heteroatoms. The molecule has 0 saturated heterocycles. The lowest BCUT2D eigenvalue weighted by molar-refractivity contribution is -0.116. The molecule has 0 aliphatic rings. The topological polar surface area (TPSA) is 150 Å². The third-order valence-electron chi connectivity index (χ3n) is 3.09. The molecular weight excluding hydrogens is 333 g/mol. The van der Waals surface area contributed by atoms with Gasteiger partial charge in [0.15, 0.2) is 5.78 Å². The molecular formula is C15H16N3O5P. The first-order valence-corrected chi connectivity index (χ1v) is 8.47. The fourth-order valence-corrected chi connectivity index (χ4v) is 2.79. The Bertz CT molecular complexity index is 793. The van der Waals surface area contributed by atoms with Gasteiger partial charge >= 0.3 is 7.60 Å². The molecule has 0 spiro atoms. The molecule has 0 aliphatic carbocycles. The number of amides is 1. The fraction of sp³-hybridized carbons (Fsp3) is 0.0667. The van der Waals surface area contributed by atoms with Gasteiger partial charge in [-0.1, -0.05) is 24.3 Å². The summed E-state index contributed by atoms with van der Waals surface area (Å²) in [5.74, 6) is -1.92. The number of hydrogen-bond donors (Lipinski definition) is 5. The Balaban J connectivity index is 2.18. The lowest BCUT2D eigenvalue weighted by Crippen LogP contribution is -2.27. The van der Waals surface area contributed by atoms with Crippen LogP contribution in [0.3, 0.4) is 0 Å². The summed E-state index contributed by atoms with van der Waals surface area (Å²) in [6.45, 7) is 0. The normalized spacial score (nSPS) is 12.9.